The van der Waals surface area contributed by atoms with Gasteiger partial charge in [-0.1, -0.05) is 121 Å². The molecule has 0 fully saturated rings. The highest BCUT2D eigenvalue weighted by atomic mass is 16.4. The Morgan fingerprint density at radius 1 is 0.355 bits per heavy atom. The maximum atomic E-state index is 14.4. The summed E-state index contributed by atoms with van der Waals surface area (Å²) >= 11 is 0. The van der Waals surface area contributed by atoms with Crippen LogP contribution in [0, 0.1) is 29.6 Å². The molecule has 0 spiro atoms. The van der Waals surface area contributed by atoms with Crippen LogP contribution in [0.4, 0.5) is 0 Å². The van der Waals surface area contributed by atoms with Gasteiger partial charge in [0.15, 0.2) is 0 Å². The monoisotopic (exact) mass is 1750 g/mol. The molecule has 0 unspecified atom stereocenters. The average Bonchev–Trinajstić information content (AvgIpc) is 1.41. The first-order chi connectivity index (χ1) is 58.0. The number of amides is 18. The van der Waals surface area contributed by atoms with Crippen molar-refractivity contribution in [3.63, 3.8) is 0 Å². The molecule has 694 valence electrons. The van der Waals surface area contributed by atoms with Crippen molar-refractivity contribution in [1.82, 2.24) is 101 Å². The molecule has 1 aromatic carbocycles. The van der Waals surface area contributed by atoms with Crippen molar-refractivity contribution >= 4 is 129 Å². The van der Waals surface area contributed by atoms with Crippen LogP contribution in [0.1, 0.15) is 188 Å². The Morgan fingerprint density at radius 3 is 1.16 bits per heavy atom. The Balaban J connectivity index is 2.20. The van der Waals surface area contributed by atoms with Gasteiger partial charge in [0.2, 0.25) is 106 Å². The fraction of sp³-hybridized carbons (Fsp3) is 0.654. The highest BCUT2D eigenvalue weighted by Gasteiger charge is 2.39. The summed E-state index contributed by atoms with van der Waals surface area (Å²) in [5, 5.41) is 74.3. The van der Waals surface area contributed by atoms with Crippen molar-refractivity contribution in [2.75, 3.05) is 19.7 Å². The lowest BCUT2D eigenvalue weighted by Gasteiger charge is -2.29. The normalized spacial score (nSPS) is 15.8. The molecule has 18 amide bonds. The molecular weight excluding hydrogens is 1620 g/mol. The lowest BCUT2D eigenvalue weighted by atomic mass is 9.96. The van der Waals surface area contributed by atoms with Crippen molar-refractivity contribution in [3.8, 4) is 0 Å². The van der Waals surface area contributed by atoms with Gasteiger partial charge in [0, 0.05) is 29.9 Å². The number of H-pyrrole nitrogens is 1. The number of para-hydroxylation sites is 1. The first-order valence-corrected chi connectivity index (χ1v) is 41.8. The molecule has 1 aromatic heterocycles. The topological polar surface area (TPSA) is 660 Å². The van der Waals surface area contributed by atoms with Gasteiger partial charge in [0.05, 0.1) is 25.7 Å². The molecule has 43 nitrogen and oxygen atoms in total. The van der Waals surface area contributed by atoms with Crippen molar-refractivity contribution in [2.24, 2.45) is 35.3 Å². The molecule has 124 heavy (non-hydrogen) atoms. The quantitative estimate of drug-likeness (QED) is 0.0298. The number of rotatable bonds is 54. The lowest BCUT2D eigenvalue weighted by molar-refractivity contribution is -0.141. The second kappa shape index (κ2) is 53.2. The van der Waals surface area contributed by atoms with E-state index in [4.69, 9.17) is 10.8 Å². The SMILES string of the molecule is CC[C@@H](NC(=O)CNC(=O)[C@@H](C)NC(=O)[C@@H](CO)NC(=O)CNC(=O)[C@@H](Cc1c[nH]c2ccccc12)NC(=O)[C@@H](NC(=O)[C@@H](C)NC(=O)[C@@H](CC)NC(=O)[C@@H](CCC(=O)O)NC(=O)[C@@H](NC(=O)[C@@H](CC)NC(=O)[C@H](CC(C)C)NC(=O)[C@@H](C)N)[C@@H](C)CC)C(C)C)C(=O)N[C@H](C(=O)N[C@H](C(=O)N[C@H](C)C(=O)N[C@@H](C)C(=O)N[C@H](C)C(=O)O)[C@@H](C)CC)C(C)C. The van der Waals surface area contributed by atoms with E-state index in [0.29, 0.717) is 29.3 Å². The summed E-state index contributed by atoms with van der Waals surface area (Å²) in [5.74, 6) is -20.8. The molecule has 24 N–H and O–H groups in total. The molecule has 19 atom stereocenters. The van der Waals surface area contributed by atoms with Crippen LogP contribution < -0.4 is 101 Å². The van der Waals surface area contributed by atoms with Crippen LogP contribution in [0.5, 0.6) is 0 Å². The number of aliphatic hydroxyl groups excluding tert-OH is 1. The number of hydrogen-bond acceptors (Lipinski definition) is 22. The Hall–Kier alpha value is -11.9. The van der Waals surface area contributed by atoms with Gasteiger partial charge in [-0.3, -0.25) is 95.9 Å². The molecule has 2 aromatic rings. The zero-order chi connectivity index (χ0) is 94.4. The van der Waals surface area contributed by atoms with Gasteiger partial charge in [0.25, 0.3) is 0 Å². The molecule has 0 aliphatic rings. The van der Waals surface area contributed by atoms with Gasteiger partial charge in [-0.2, -0.15) is 0 Å². The number of nitrogens with one attached hydrogen (secondary N) is 19. The van der Waals surface area contributed by atoms with E-state index >= 15 is 0 Å². The van der Waals surface area contributed by atoms with Gasteiger partial charge in [-0.15, -0.1) is 0 Å². The third kappa shape index (κ3) is 35.9. The molecule has 0 aliphatic heterocycles. The van der Waals surface area contributed by atoms with E-state index in [1.54, 1.807) is 99.7 Å². The minimum Gasteiger partial charge on any atom is -0.481 e. The third-order valence-electron chi connectivity index (χ3n) is 20.4. The van der Waals surface area contributed by atoms with E-state index in [2.05, 4.69) is 101 Å². The summed E-state index contributed by atoms with van der Waals surface area (Å²) < 4.78 is 0. The van der Waals surface area contributed by atoms with E-state index in [9.17, 15) is 106 Å². The third-order valence-corrected chi connectivity index (χ3v) is 20.4. The Kier molecular flexibility index (Phi) is 46.4. The zero-order valence-electron chi connectivity index (χ0n) is 74.2. The summed E-state index contributed by atoms with van der Waals surface area (Å²) in [5.41, 5.74) is 6.90. The largest absolute Gasteiger partial charge is 0.481 e. The predicted molar refractivity (Wildman–Crippen MR) is 451 cm³/mol. The number of carboxylic acids is 2. The van der Waals surface area contributed by atoms with Crippen LogP contribution in [0.2, 0.25) is 0 Å². The number of fused-ring (bicyclic) bond motifs is 1. The summed E-state index contributed by atoms with van der Waals surface area (Å²) in [6.07, 6.45) is 1.03. The molecular formula is C81H132N20O23. The number of benzene rings is 1. The molecule has 0 aliphatic carbocycles. The minimum atomic E-state index is -1.74. The van der Waals surface area contributed by atoms with Crippen molar-refractivity contribution < 1.29 is 111 Å². The summed E-state index contributed by atoms with van der Waals surface area (Å²) in [6, 6.07) is -15.6. The van der Waals surface area contributed by atoms with Gasteiger partial charge >= 0.3 is 11.9 Å². The number of aliphatic hydroxyl groups is 1. The number of nitrogens with two attached hydrogens (primary N) is 1. The Morgan fingerprint density at radius 2 is 0.702 bits per heavy atom. The van der Waals surface area contributed by atoms with Crippen molar-refractivity contribution in [2.45, 2.75) is 292 Å². The fourth-order valence-corrected chi connectivity index (χ4v) is 12.1. The molecule has 1 heterocycles. The fourth-order valence-electron chi connectivity index (χ4n) is 12.1. The standard InChI is InChI=1S/C81H132N20O23/c1-20-40(12)63(79(121)89-45(17)67(109)86-44(16)68(110)90-47(19)81(123)124)101-78(120)62(39(10)11)99-72(114)50(22-3)91-58(103)34-84-66(108)43(15)87-76(118)57(36-102)92-59(104)35-85-70(112)56(32-48-33-83-53-28-26-25-27-49(48)53)97-77(119)61(38(8)9)98-69(111)46(18)88-71(113)51(23-4)93-74(116)54(29-30-60(105)106)95-80(122)64(41(13)21-2)100-73(115)52(24-5)94-75(117)55(31-37(6)7)96-65(107)42(14)82/h25-28,33,37-47,50-52,54-57,61-64,83,102H,20-24,29-32,34-36,82H2,1-19H3,(H,84,108)(H,85,112)(H,86,109)(H,87,118)(H,88,113)(H,89,121)(H,90,110)(H,91,103)(H,92,104)(H,93,116)(H,94,117)(H,95,122)(H,96,107)(H,97,119)(H,98,111)(H,99,114)(H,100,115)(H,101,120)(H,105,106)(H,123,124)/t40-,41-,42+,43+,44-,45+,46+,47+,50+,51+,52+,54+,55-,56+,57+,61-,62-,63-,64-/m0/s1. The lowest BCUT2D eigenvalue weighted by Crippen LogP contribution is -2.61. The van der Waals surface area contributed by atoms with Crippen LogP contribution in [-0.2, 0) is 102 Å². The van der Waals surface area contributed by atoms with Crippen LogP contribution in [0.3, 0.4) is 0 Å². The smallest absolute Gasteiger partial charge is 0.325 e. The molecule has 0 bridgehead atoms. The number of hydrogen-bond donors (Lipinski definition) is 23. The molecule has 2 rings (SSSR count). The van der Waals surface area contributed by atoms with E-state index in [1.807, 2.05) is 13.8 Å². The first-order valence-electron chi connectivity index (χ1n) is 41.8. The van der Waals surface area contributed by atoms with Crippen molar-refractivity contribution in [3.05, 3.63) is 36.0 Å². The second-order valence-electron chi connectivity index (χ2n) is 32.0. The second-order valence-corrected chi connectivity index (χ2v) is 32.0. The maximum Gasteiger partial charge on any atom is 0.325 e. The predicted octanol–water partition coefficient (Wildman–Crippen LogP) is -4.23. The molecule has 0 saturated carbocycles. The van der Waals surface area contributed by atoms with E-state index in [-0.39, 0.29) is 38.0 Å². The van der Waals surface area contributed by atoms with Gasteiger partial charge in [0.1, 0.15) is 96.7 Å². The van der Waals surface area contributed by atoms with Crippen LogP contribution in [0.25, 0.3) is 10.9 Å². The van der Waals surface area contributed by atoms with E-state index in [1.165, 1.54) is 48.5 Å². The Bertz CT molecular complexity index is 4060. The number of carbonyl (C=O) groups is 20. The molecule has 43 heteroatoms. The number of carbonyl (C=O) groups excluding carboxylic acids is 18. The number of aromatic nitrogens is 1. The van der Waals surface area contributed by atoms with E-state index in [0.717, 1.165) is 0 Å². The van der Waals surface area contributed by atoms with Crippen LogP contribution in [0.15, 0.2) is 30.5 Å². The minimum absolute atomic E-state index is 0.0234. The molecule has 0 radical (unpaired) electrons. The first kappa shape index (κ1) is 108. The van der Waals surface area contributed by atoms with Gasteiger partial charge < -0.3 is 122 Å². The maximum absolute atomic E-state index is 14.4. The zero-order valence-corrected chi connectivity index (χ0v) is 74.2. The van der Waals surface area contributed by atoms with Gasteiger partial charge in [-0.25, -0.2) is 0 Å². The average molecular weight is 1750 g/mol. The highest BCUT2D eigenvalue weighted by Crippen LogP contribution is 2.21. The summed E-state index contributed by atoms with van der Waals surface area (Å²) in [7, 11) is 0. The Labute approximate surface area is 721 Å². The summed E-state index contributed by atoms with van der Waals surface area (Å²) in [6.45, 7) is 26.6. The van der Waals surface area contributed by atoms with Crippen LogP contribution >= 0.6 is 0 Å². The number of aliphatic carboxylic acids is 2. The highest BCUT2D eigenvalue weighted by molar-refractivity contribution is 6.02. The summed E-state index contributed by atoms with van der Waals surface area (Å²) in [4.78, 5) is 271. The number of aromatic amines is 1. The molecule has 0 saturated heterocycles. The van der Waals surface area contributed by atoms with Gasteiger partial charge in [-0.05, 0) is 115 Å². The number of carboxylic acid groups (broad SMARTS) is 2. The van der Waals surface area contributed by atoms with Crippen molar-refractivity contribution in [1.29, 1.82) is 0 Å². The van der Waals surface area contributed by atoms with Crippen LogP contribution in [-0.4, -0.2) is 261 Å². The van der Waals surface area contributed by atoms with E-state index < -0.39 is 277 Å².